The second-order valence-electron chi connectivity index (χ2n) is 9.81. The number of anilines is 2. The second kappa shape index (κ2) is 11.6. The van der Waals surface area contributed by atoms with Crippen molar-refractivity contribution in [1.29, 1.82) is 0 Å². The Hall–Kier alpha value is -5.02. The largest absolute Gasteiger partial charge is 0.469 e. The summed E-state index contributed by atoms with van der Waals surface area (Å²) < 4.78 is 11.9. The predicted octanol–water partition coefficient (Wildman–Crippen LogP) is 4.02. The number of nitrogens with zero attached hydrogens (tertiary/aromatic N) is 3. The molecule has 0 aliphatic carbocycles. The number of nitrogens with one attached hydrogen (secondary N) is 1. The molecular formula is C29H22N4O9S2. The lowest BCUT2D eigenvalue weighted by molar-refractivity contribution is -0.384. The number of nitro benzene ring substituents is 1. The van der Waals surface area contributed by atoms with Crippen LogP contribution in [0.2, 0.25) is 0 Å². The van der Waals surface area contributed by atoms with Gasteiger partial charge in [-0.05, 0) is 55.5 Å². The molecule has 4 heterocycles. The molecule has 0 radical (unpaired) electrons. The van der Waals surface area contributed by atoms with Crippen LogP contribution in [0, 0.1) is 16.0 Å². The molecule has 0 bridgehead atoms. The molecule has 15 heteroatoms. The first-order valence-electron chi connectivity index (χ1n) is 13.3. The molecule has 0 saturated carbocycles. The molecule has 224 valence electrons. The fourth-order valence-electron chi connectivity index (χ4n) is 5.26. The van der Waals surface area contributed by atoms with E-state index in [4.69, 9.17) is 9.15 Å². The molecular weight excluding hydrogens is 612 g/mol. The number of furan rings is 1. The maximum atomic E-state index is 13.8. The van der Waals surface area contributed by atoms with Gasteiger partial charge in [-0.3, -0.25) is 33.9 Å². The van der Waals surface area contributed by atoms with Crippen LogP contribution < -0.4 is 15.1 Å². The number of hydrogen-bond donors (Lipinski definition) is 1. The summed E-state index contributed by atoms with van der Waals surface area (Å²) in [5.41, 5.74) is 0.721. The van der Waals surface area contributed by atoms with Gasteiger partial charge in [-0.15, -0.1) is 0 Å². The summed E-state index contributed by atoms with van der Waals surface area (Å²) in [7, 11) is 0. The number of imide groups is 1. The lowest BCUT2D eigenvalue weighted by Gasteiger charge is -2.29. The number of esters is 1. The number of non-ortho nitro benzene ring substituents is 1. The Kier molecular flexibility index (Phi) is 7.65. The van der Waals surface area contributed by atoms with Gasteiger partial charge in [0, 0.05) is 17.8 Å². The maximum absolute atomic E-state index is 13.8. The Morgan fingerprint density at radius 2 is 1.77 bits per heavy atom. The van der Waals surface area contributed by atoms with Crippen molar-refractivity contribution < 1.29 is 33.3 Å². The number of nitro groups is 1. The van der Waals surface area contributed by atoms with E-state index in [0.29, 0.717) is 26.9 Å². The fraction of sp³-hybridized carbons (Fsp3) is 0.207. The zero-order valence-electron chi connectivity index (χ0n) is 22.8. The highest BCUT2D eigenvalue weighted by atomic mass is 32.2. The van der Waals surface area contributed by atoms with Crippen molar-refractivity contribution in [3.8, 4) is 0 Å². The number of fused-ring (bicyclic) bond motifs is 2. The van der Waals surface area contributed by atoms with E-state index >= 15 is 0 Å². The molecule has 2 aromatic heterocycles. The third kappa shape index (κ3) is 5.09. The molecule has 3 atom stereocenters. The number of hydrogen-bond acceptors (Lipinski definition) is 11. The Balaban J connectivity index is 1.30. The number of benzene rings is 2. The van der Waals surface area contributed by atoms with Gasteiger partial charge in [-0.1, -0.05) is 23.1 Å². The van der Waals surface area contributed by atoms with Crippen molar-refractivity contribution >= 4 is 63.9 Å². The van der Waals surface area contributed by atoms with Gasteiger partial charge in [-0.25, -0.2) is 9.69 Å². The summed E-state index contributed by atoms with van der Waals surface area (Å²) in [4.78, 5) is 77.3. The summed E-state index contributed by atoms with van der Waals surface area (Å²) in [5, 5.41) is 13.2. The lowest BCUT2D eigenvalue weighted by Crippen LogP contribution is -2.32. The number of carbonyl (C=O) groups is 4. The van der Waals surface area contributed by atoms with Crippen molar-refractivity contribution in [2.75, 3.05) is 16.8 Å². The van der Waals surface area contributed by atoms with Gasteiger partial charge in [0.2, 0.25) is 17.7 Å². The van der Waals surface area contributed by atoms with Gasteiger partial charge >= 0.3 is 10.8 Å². The zero-order valence-corrected chi connectivity index (χ0v) is 24.5. The van der Waals surface area contributed by atoms with Gasteiger partial charge in [0.1, 0.15) is 17.6 Å². The van der Waals surface area contributed by atoms with Crippen molar-refractivity contribution in [2.24, 2.45) is 5.92 Å². The Labute approximate surface area is 256 Å². The van der Waals surface area contributed by atoms with Crippen LogP contribution in [0.4, 0.5) is 17.1 Å². The van der Waals surface area contributed by atoms with Crippen molar-refractivity contribution in [3.05, 3.63) is 103 Å². The molecule has 1 N–H and O–H groups in total. The molecule has 2 aliphatic rings. The van der Waals surface area contributed by atoms with Gasteiger partial charge in [0.25, 0.3) is 5.69 Å². The topological polar surface area (TPSA) is 171 Å². The van der Waals surface area contributed by atoms with Crippen LogP contribution in [0.5, 0.6) is 0 Å². The number of carbonyl (C=O) groups excluding carboxylic acids is 4. The average Bonchev–Trinajstić information content (AvgIpc) is 3.70. The molecule has 6 rings (SSSR count). The first-order chi connectivity index (χ1) is 21.2. The van der Waals surface area contributed by atoms with E-state index < -0.39 is 50.6 Å². The zero-order chi connectivity index (χ0) is 31.1. The van der Waals surface area contributed by atoms with Crippen LogP contribution in [0.3, 0.4) is 0 Å². The molecule has 2 aromatic carbocycles. The van der Waals surface area contributed by atoms with Crippen molar-refractivity contribution in [2.45, 2.75) is 29.7 Å². The lowest BCUT2D eigenvalue weighted by atomic mass is 9.87. The molecule has 2 aliphatic heterocycles. The minimum absolute atomic E-state index is 0.187. The minimum atomic E-state index is -0.945. The summed E-state index contributed by atoms with van der Waals surface area (Å²) in [5.74, 6) is -3.39. The Morgan fingerprint density at radius 1 is 1.05 bits per heavy atom. The minimum Gasteiger partial charge on any atom is -0.469 e. The third-order valence-electron chi connectivity index (χ3n) is 7.20. The highest BCUT2D eigenvalue weighted by molar-refractivity contribution is 8.00. The fourth-order valence-corrected chi connectivity index (χ4v) is 8.01. The van der Waals surface area contributed by atoms with Crippen LogP contribution in [0.15, 0.2) is 81.2 Å². The van der Waals surface area contributed by atoms with E-state index in [0.717, 1.165) is 28.0 Å². The first-order valence-corrected chi connectivity index (χ1v) is 15.0. The number of ether oxygens (including phenoxy) is 1. The molecule has 3 amide bonds. The monoisotopic (exact) mass is 634 g/mol. The number of thioether (sulfide) groups is 1. The van der Waals surface area contributed by atoms with E-state index in [9.17, 15) is 34.1 Å². The summed E-state index contributed by atoms with van der Waals surface area (Å²) in [6.45, 7) is 1.56. The molecule has 4 aromatic rings. The molecule has 1 saturated heterocycles. The maximum Gasteiger partial charge on any atom is 0.338 e. The quantitative estimate of drug-likeness (QED) is 0.129. The van der Waals surface area contributed by atoms with E-state index in [-0.39, 0.29) is 24.5 Å². The smallest absolute Gasteiger partial charge is 0.338 e. The number of amides is 3. The summed E-state index contributed by atoms with van der Waals surface area (Å²) in [6.07, 6.45) is 1.43. The summed E-state index contributed by atoms with van der Waals surface area (Å²) >= 11 is 1.91. The normalized spacial score (nSPS) is 18.9. The number of thiazole rings is 1. The molecule has 44 heavy (non-hydrogen) atoms. The highest BCUT2D eigenvalue weighted by Gasteiger charge is 2.57. The van der Waals surface area contributed by atoms with E-state index in [2.05, 4.69) is 5.32 Å². The van der Waals surface area contributed by atoms with Gasteiger partial charge in [0.15, 0.2) is 0 Å². The standard InChI is InChI=1S/C29H22N4O9S2/c1-2-41-28(37)15-5-7-16(8-6-15)30-20(34)14-31-27-24(44-29(31)38)21(19-4-3-13-42-19)22-23(43-27)26(36)32(25(22)35)17-9-11-18(12-10-17)33(39)40/h3-13,21-23H,2,14H2,1H3,(H,30,34)/t21-,22?,23?/m1/s1. The average molecular weight is 635 g/mol. The van der Waals surface area contributed by atoms with E-state index in [1.165, 1.54) is 59.4 Å². The predicted molar refractivity (Wildman–Crippen MR) is 159 cm³/mol. The van der Waals surface area contributed by atoms with Crippen molar-refractivity contribution in [3.63, 3.8) is 0 Å². The number of aromatic nitrogens is 1. The number of rotatable bonds is 8. The molecule has 1 fully saturated rings. The summed E-state index contributed by atoms with van der Waals surface area (Å²) in [6, 6.07) is 14.5. The Morgan fingerprint density at radius 3 is 2.41 bits per heavy atom. The Bertz CT molecular complexity index is 1850. The van der Waals surface area contributed by atoms with Gasteiger partial charge < -0.3 is 14.5 Å². The molecule has 2 unspecified atom stereocenters. The van der Waals surface area contributed by atoms with Crippen LogP contribution in [0.25, 0.3) is 0 Å². The van der Waals surface area contributed by atoms with Gasteiger partial charge in [0.05, 0.1) is 50.8 Å². The second-order valence-corrected chi connectivity index (χ2v) is 11.9. The van der Waals surface area contributed by atoms with Crippen molar-refractivity contribution in [1.82, 2.24) is 4.57 Å². The van der Waals surface area contributed by atoms with Crippen LogP contribution >= 0.6 is 23.1 Å². The van der Waals surface area contributed by atoms with Gasteiger partial charge in [-0.2, -0.15) is 0 Å². The third-order valence-corrected chi connectivity index (χ3v) is 9.80. The molecule has 0 spiro atoms. The van der Waals surface area contributed by atoms with E-state index in [1.807, 2.05) is 0 Å². The van der Waals surface area contributed by atoms with Crippen LogP contribution in [0.1, 0.15) is 33.8 Å². The van der Waals surface area contributed by atoms with Crippen LogP contribution in [-0.4, -0.2) is 45.0 Å². The van der Waals surface area contributed by atoms with Crippen LogP contribution in [-0.2, 0) is 25.7 Å². The van der Waals surface area contributed by atoms with E-state index in [1.54, 1.807) is 19.1 Å². The SMILES string of the molecule is CCOC(=O)c1ccc(NC(=O)Cn2c3c(sc2=O)[C@H](c2ccco2)C2C(=O)N(c4ccc([N+](=O)[O-])cc4)C(=O)C2S3)cc1. The first kappa shape index (κ1) is 29.1. The highest BCUT2D eigenvalue weighted by Crippen LogP contribution is 2.54. The molecule has 13 nitrogen and oxygen atoms in total.